The van der Waals surface area contributed by atoms with Gasteiger partial charge < -0.3 is 10.5 Å². The van der Waals surface area contributed by atoms with Crippen LogP contribution in [0.3, 0.4) is 0 Å². The summed E-state index contributed by atoms with van der Waals surface area (Å²) >= 11 is 5.88. The zero-order valence-corrected chi connectivity index (χ0v) is 12.6. The standard InChI is InChI=1S/C15H22ClNO2/c1-4-5-8-19-14(18)15(2,3)10-11-6-7-12(16)13(17)9-11/h6-7,9H,4-5,8,10,17H2,1-3H3. The van der Waals surface area contributed by atoms with Crippen LogP contribution in [-0.2, 0) is 16.0 Å². The Hall–Kier alpha value is -1.22. The summed E-state index contributed by atoms with van der Waals surface area (Å²) in [6, 6.07) is 5.45. The lowest BCUT2D eigenvalue weighted by Gasteiger charge is -2.22. The summed E-state index contributed by atoms with van der Waals surface area (Å²) in [4.78, 5) is 12.0. The van der Waals surface area contributed by atoms with Crippen molar-refractivity contribution in [3.63, 3.8) is 0 Å². The summed E-state index contributed by atoms with van der Waals surface area (Å²) in [5.74, 6) is -0.172. The molecule has 0 saturated heterocycles. The van der Waals surface area contributed by atoms with Gasteiger partial charge in [0.05, 0.1) is 22.7 Å². The van der Waals surface area contributed by atoms with Gasteiger partial charge in [-0.15, -0.1) is 0 Å². The van der Waals surface area contributed by atoms with E-state index in [4.69, 9.17) is 22.1 Å². The first-order valence-electron chi connectivity index (χ1n) is 6.58. The molecule has 0 fully saturated rings. The molecule has 1 aromatic carbocycles. The largest absolute Gasteiger partial charge is 0.465 e. The van der Waals surface area contributed by atoms with Crippen molar-refractivity contribution in [2.45, 2.75) is 40.0 Å². The Balaban J connectivity index is 2.67. The van der Waals surface area contributed by atoms with Gasteiger partial charge in [-0.1, -0.05) is 31.0 Å². The molecule has 0 aliphatic carbocycles. The summed E-state index contributed by atoms with van der Waals surface area (Å²) in [5.41, 5.74) is 6.73. The normalized spacial score (nSPS) is 11.4. The van der Waals surface area contributed by atoms with Crippen molar-refractivity contribution < 1.29 is 9.53 Å². The lowest BCUT2D eigenvalue weighted by atomic mass is 9.86. The van der Waals surface area contributed by atoms with Crippen molar-refractivity contribution in [1.29, 1.82) is 0 Å². The third-order valence-corrected chi connectivity index (χ3v) is 3.33. The second-order valence-electron chi connectivity index (χ2n) is 5.41. The van der Waals surface area contributed by atoms with Crippen LogP contribution in [0.5, 0.6) is 0 Å². The molecule has 1 rings (SSSR count). The van der Waals surface area contributed by atoms with E-state index >= 15 is 0 Å². The summed E-state index contributed by atoms with van der Waals surface area (Å²) in [5, 5.41) is 0.534. The number of benzene rings is 1. The molecule has 4 heteroatoms. The molecule has 0 atom stereocenters. The van der Waals surface area contributed by atoms with Gasteiger partial charge in [-0.3, -0.25) is 4.79 Å². The van der Waals surface area contributed by atoms with E-state index in [2.05, 4.69) is 6.92 Å². The van der Waals surface area contributed by atoms with Gasteiger partial charge in [0.2, 0.25) is 0 Å². The van der Waals surface area contributed by atoms with Crippen LogP contribution < -0.4 is 5.73 Å². The lowest BCUT2D eigenvalue weighted by molar-refractivity contribution is -0.154. The SMILES string of the molecule is CCCCOC(=O)C(C)(C)Cc1ccc(Cl)c(N)c1. The second kappa shape index (κ2) is 6.80. The number of carbonyl (C=O) groups is 1. The summed E-state index contributed by atoms with van der Waals surface area (Å²) in [6.45, 7) is 6.31. The topological polar surface area (TPSA) is 52.3 Å². The molecule has 3 nitrogen and oxygen atoms in total. The van der Waals surface area contributed by atoms with E-state index in [0.717, 1.165) is 18.4 Å². The van der Waals surface area contributed by atoms with E-state index < -0.39 is 5.41 Å². The highest BCUT2D eigenvalue weighted by molar-refractivity contribution is 6.33. The second-order valence-corrected chi connectivity index (χ2v) is 5.81. The Bertz CT molecular complexity index is 444. The third-order valence-electron chi connectivity index (χ3n) is 2.99. The molecule has 2 N–H and O–H groups in total. The maximum Gasteiger partial charge on any atom is 0.311 e. The Morgan fingerprint density at radius 1 is 1.42 bits per heavy atom. The molecule has 0 bridgehead atoms. The van der Waals surface area contributed by atoms with Crippen LogP contribution in [0.4, 0.5) is 5.69 Å². The van der Waals surface area contributed by atoms with Crippen LogP contribution in [0.15, 0.2) is 18.2 Å². The fraction of sp³-hybridized carbons (Fsp3) is 0.533. The molecule has 0 aliphatic rings. The predicted molar refractivity (Wildman–Crippen MR) is 79.2 cm³/mol. The molecule has 0 radical (unpaired) electrons. The number of rotatable bonds is 6. The molecule has 0 unspecified atom stereocenters. The van der Waals surface area contributed by atoms with Crippen molar-refractivity contribution in [3.8, 4) is 0 Å². The first-order chi connectivity index (χ1) is 8.86. The van der Waals surface area contributed by atoms with Crippen LogP contribution in [-0.4, -0.2) is 12.6 Å². The number of anilines is 1. The number of nitrogen functional groups attached to an aromatic ring is 1. The van der Waals surface area contributed by atoms with Gasteiger partial charge in [-0.2, -0.15) is 0 Å². The van der Waals surface area contributed by atoms with Crippen molar-refractivity contribution in [2.75, 3.05) is 12.3 Å². The number of hydrogen-bond acceptors (Lipinski definition) is 3. The van der Waals surface area contributed by atoms with E-state index in [1.54, 1.807) is 6.07 Å². The average Bonchev–Trinajstić information content (AvgIpc) is 2.33. The van der Waals surface area contributed by atoms with Crippen molar-refractivity contribution >= 4 is 23.3 Å². The van der Waals surface area contributed by atoms with Crippen LogP contribution in [0, 0.1) is 5.41 Å². The van der Waals surface area contributed by atoms with E-state index in [9.17, 15) is 4.79 Å². The Labute approximate surface area is 120 Å². The van der Waals surface area contributed by atoms with Crippen LogP contribution in [0.2, 0.25) is 5.02 Å². The van der Waals surface area contributed by atoms with Crippen LogP contribution in [0.1, 0.15) is 39.2 Å². The van der Waals surface area contributed by atoms with Gasteiger partial charge in [0, 0.05) is 0 Å². The molecule has 0 heterocycles. The highest BCUT2D eigenvalue weighted by atomic mass is 35.5. The van der Waals surface area contributed by atoms with Crippen molar-refractivity contribution in [2.24, 2.45) is 5.41 Å². The van der Waals surface area contributed by atoms with Gasteiger partial charge in [0.1, 0.15) is 0 Å². The molecule has 0 aromatic heterocycles. The van der Waals surface area contributed by atoms with E-state index in [0.29, 0.717) is 23.7 Å². The molecule has 1 aromatic rings. The predicted octanol–water partition coefficient (Wildman–Crippen LogP) is 3.83. The number of ether oxygens (including phenoxy) is 1. The van der Waals surface area contributed by atoms with Gasteiger partial charge >= 0.3 is 5.97 Å². The number of nitrogens with two attached hydrogens (primary N) is 1. The minimum atomic E-state index is -0.561. The fourth-order valence-corrected chi connectivity index (χ4v) is 1.91. The quantitative estimate of drug-likeness (QED) is 0.490. The van der Waals surface area contributed by atoms with Crippen LogP contribution >= 0.6 is 11.6 Å². The van der Waals surface area contributed by atoms with Gasteiger partial charge in [0.25, 0.3) is 0 Å². The summed E-state index contributed by atoms with van der Waals surface area (Å²) in [7, 11) is 0. The molecule has 0 amide bonds. The summed E-state index contributed by atoms with van der Waals surface area (Å²) < 4.78 is 5.28. The van der Waals surface area contributed by atoms with Gasteiger partial charge in [-0.05, 0) is 44.4 Å². The van der Waals surface area contributed by atoms with Crippen LogP contribution in [0.25, 0.3) is 0 Å². The molecule has 0 spiro atoms. The monoisotopic (exact) mass is 283 g/mol. The Morgan fingerprint density at radius 2 is 2.11 bits per heavy atom. The molecule has 0 aliphatic heterocycles. The molecular weight excluding hydrogens is 262 g/mol. The van der Waals surface area contributed by atoms with Gasteiger partial charge in [0.15, 0.2) is 0 Å². The average molecular weight is 284 g/mol. The Morgan fingerprint density at radius 3 is 2.68 bits per heavy atom. The highest BCUT2D eigenvalue weighted by Gasteiger charge is 2.29. The smallest absolute Gasteiger partial charge is 0.311 e. The van der Waals surface area contributed by atoms with E-state index in [-0.39, 0.29) is 5.97 Å². The lowest BCUT2D eigenvalue weighted by Crippen LogP contribution is -2.29. The van der Waals surface area contributed by atoms with E-state index in [1.165, 1.54) is 0 Å². The summed E-state index contributed by atoms with van der Waals surface area (Å²) in [6.07, 6.45) is 2.50. The van der Waals surface area contributed by atoms with Crippen molar-refractivity contribution in [3.05, 3.63) is 28.8 Å². The number of carbonyl (C=O) groups excluding carboxylic acids is 1. The molecule has 106 valence electrons. The zero-order valence-electron chi connectivity index (χ0n) is 11.8. The zero-order chi connectivity index (χ0) is 14.5. The highest BCUT2D eigenvalue weighted by Crippen LogP contribution is 2.27. The third kappa shape index (κ3) is 4.75. The number of esters is 1. The number of halogens is 1. The molecular formula is C15H22ClNO2. The first kappa shape index (κ1) is 15.8. The first-order valence-corrected chi connectivity index (χ1v) is 6.95. The maximum atomic E-state index is 12.0. The molecule has 0 saturated carbocycles. The number of hydrogen-bond donors (Lipinski definition) is 1. The Kier molecular flexibility index (Phi) is 5.67. The van der Waals surface area contributed by atoms with Gasteiger partial charge in [-0.25, -0.2) is 0 Å². The minimum Gasteiger partial charge on any atom is -0.465 e. The maximum absolute atomic E-state index is 12.0. The molecule has 19 heavy (non-hydrogen) atoms. The number of unbranched alkanes of at least 4 members (excludes halogenated alkanes) is 1. The fourth-order valence-electron chi connectivity index (χ4n) is 1.79. The minimum absolute atomic E-state index is 0.172. The van der Waals surface area contributed by atoms with E-state index in [1.807, 2.05) is 26.0 Å². The van der Waals surface area contributed by atoms with Crippen molar-refractivity contribution in [1.82, 2.24) is 0 Å².